The lowest BCUT2D eigenvalue weighted by molar-refractivity contribution is 1.03. The Bertz CT molecular complexity index is 749. The van der Waals surface area contributed by atoms with Crippen LogP contribution in [0.1, 0.15) is 5.56 Å². The zero-order valence-corrected chi connectivity index (χ0v) is 13.3. The average Bonchev–Trinajstić information content (AvgIpc) is 2.87. The Kier molecular flexibility index (Phi) is 4.26. The van der Waals surface area contributed by atoms with E-state index in [0.29, 0.717) is 5.82 Å². The fraction of sp³-hybridized carbons (Fsp3) is 0.200. The summed E-state index contributed by atoms with van der Waals surface area (Å²) in [6.45, 7) is 0.838. The Morgan fingerprint density at radius 3 is 3.00 bits per heavy atom. The van der Waals surface area contributed by atoms with Gasteiger partial charge in [0.25, 0.3) is 0 Å². The smallest absolute Gasteiger partial charge is 0.153 e. The minimum Gasteiger partial charge on any atom is -0.382 e. The number of fused-ring (bicyclic) bond motifs is 1. The zero-order valence-electron chi connectivity index (χ0n) is 11.7. The molecule has 0 unspecified atom stereocenters. The van der Waals surface area contributed by atoms with Gasteiger partial charge < -0.3 is 11.1 Å². The summed E-state index contributed by atoms with van der Waals surface area (Å²) in [5.41, 5.74) is 8.17. The number of benzene rings is 1. The fourth-order valence-electron chi connectivity index (χ4n) is 2.28. The van der Waals surface area contributed by atoms with Gasteiger partial charge in [0.1, 0.15) is 5.00 Å². The van der Waals surface area contributed by atoms with Gasteiger partial charge in [-0.3, -0.25) is 4.98 Å². The van der Waals surface area contributed by atoms with Crippen LogP contribution in [0.3, 0.4) is 0 Å². The number of aromatic nitrogens is 2. The van der Waals surface area contributed by atoms with Crippen molar-refractivity contribution in [2.24, 2.45) is 0 Å². The van der Waals surface area contributed by atoms with Crippen LogP contribution in [-0.4, -0.2) is 22.2 Å². The van der Waals surface area contributed by atoms with Crippen molar-refractivity contribution in [2.45, 2.75) is 11.3 Å². The number of hydrogen-bond acceptors (Lipinski definition) is 6. The number of nitrogen functional groups attached to an aromatic ring is 1. The van der Waals surface area contributed by atoms with Crippen LogP contribution in [0.4, 0.5) is 10.8 Å². The molecule has 2 heterocycles. The molecule has 0 bridgehead atoms. The summed E-state index contributed by atoms with van der Waals surface area (Å²) in [4.78, 5) is 5.52. The molecule has 0 spiro atoms. The van der Waals surface area contributed by atoms with E-state index in [4.69, 9.17) is 5.73 Å². The lowest BCUT2D eigenvalue weighted by Gasteiger charge is -2.07. The molecule has 0 fully saturated rings. The van der Waals surface area contributed by atoms with Crippen LogP contribution in [0.5, 0.6) is 0 Å². The SMILES string of the molecule is CSc1c(N)nsc1NCCc1cccc2cccnc12. The van der Waals surface area contributed by atoms with Crippen molar-refractivity contribution >= 4 is 45.0 Å². The van der Waals surface area contributed by atoms with E-state index in [-0.39, 0.29) is 0 Å². The van der Waals surface area contributed by atoms with Gasteiger partial charge in [-0.15, -0.1) is 11.8 Å². The second-order valence-corrected chi connectivity index (χ2v) is 6.19. The second kappa shape index (κ2) is 6.32. The van der Waals surface area contributed by atoms with Crippen LogP contribution in [-0.2, 0) is 6.42 Å². The van der Waals surface area contributed by atoms with E-state index in [2.05, 4.69) is 38.9 Å². The van der Waals surface area contributed by atoms with Gasteiger partial charge >= 0.3 is 0 Å². The first-order valence-electron chi connectivity index (χ1n) is 6.65. The van der Waals surface area contributed by atoms with Crippen LogP contribution in [0.25, 0.3) is 10.9 Å². The first kappa shape index (κ1) is 14.2. The van der Waals surface area contributed by atoms with Gasteiger partial charge in [0.2, 0.25) is 0 Å². The predicted molar refractivity (Wildman–Crippen MR) is 92.2 cm³/mol. The van der Waals surface area contributed by atoms with Gasteiger partial charge in [0, 0.05) is 18.1 Å². The first-order valence-corrected chi connectivity index (χ1v) is 8.65. The number of nitrogens with zero attached hydrogens (tertiary/aromatic N) is 2. The van der Waals surface area contributed by atoms with E-state index in [1.807, 2.05) is 18.5 Å². The van der Waals surface area contributed by atoms with E-state index in [1.165, 1.54) is 22.5 Å². The van der Waals surface area contributed by atoms with E-state index < -0.39 is 0 Å². The van der Waals surface area contributed by atoms with E-state index in [9.17, 15) is 0 Å². The van der Waals surface area contributed by atoms with Crippen LogP contribution in [0.2, 0.25) is 0 Å². The number of pyridine rings is 1. The van der Waals surface area contributed by atoms with Crippen molar-refractivity contribution in [2.75, 3.05) is 23.9 Å². The van der Waals surface area contributed by atoms with Gasteiger partial charge in [-0.1, -0.05) is 24.3 Å². The topological polar surface area (TPSA) is 63.8 Å². The Labute approximate surface area is 131 Å². The molecule has 0 radical (unpaired) electrons. The van der Waals surface area contributed by atoms with Crippen molar-refractivity contribution in [3.05, 3.63) is 42.1 Å². The molecule has 3 rings (SSSR count). The van der Waals surface area contributed by atoms with Gasteiger partial charge in [0.15, 0.2) is 5.82 Å². The number of para-hydroxylation sites is 1. The standard InChI is InChI=1S/C15H16N4S2/c1-20-13-14(16)19-21-15(13)18-9-7-11-5-2-4-10-6-3-8-17-12(10)11/h2-6,8,18H,7,9H2,1H3,(H2,16,19). The third kappa shape index (κ3) is 2.96. The third-order valence-electron chi connectivity index (χ3n) is 3.27. The first-order chi connectivity index (χ1) is 10.3. The molecule has 2 aromatic heterocycles. The summed E-state index contributed by atoms with van der Waals surface area (Å²) >= 11 is 3.04. The largest absolute Gasteiger partial charge is 0.382 e. The molecule has 3 N–H and O–H groups in total. The molecule has 0 aliphatic rings. The predicted octanol–water partition coefficient (Wildman–Crippen LogP) is 3.65. The molecule has 0 saturated carbocycles. The maximum atomic E-state index is 5.84. The quantitative estimate of drug-likeness (QED) is 0.703. The monoisotopic (exact) mass is 316 g/mol. The molecule has 0 aliphatic carbocycles. The van der Waals surface area contributed by atoms with Crippen molar-refractivity contribution < 1.29 is 0 Å². The number of anilines is 2. The highest BCUT2D eigenvalue weighted by molar-refractivity contribution is 7.99. The molecular formula is C15H16N4S2. The Hall–Kier alpha value is -1.79. The number of rotatable bonds is 5. The molecule has 0 saturated heterocycles. The maximum Gasteiger partial charge on any atom is 0.153 e. The fourth-order valence-corrected chi connectivity index (χ4v) is 3.85. The molecule has 108 valence electrons. The van der Waals surface area contributed by atoms with Crippen molar-refractivity contribution in [3.8, 4) is 0 Å². The van der Waals surface area contributed by atoms with E-state index in [0.717, 1.165) is 28.4 Å². The lowest BCUT2D eigenvalue weighted by Crippen LogP contribution is -2.05. The highest BCUT2D eigenvalue weighted by atomic mass is 32.2. The van der Waals surface area contributed by atoms with E-state index in [1.54, 1.807) is 11.8 Å². The zero-order chi connectivity index (χ0) is 14.7. The average molecular weight is 316 g/mol. The molecule has 1 aromatic carbocycles. The number of nitrogens with two attached hydrogens (primary N) is 1. The Balaban J connectivity index is 1.72. The number of thioether (sulfide) groups is 1. The summed E-state index contributed by atoms with van der Waals surface area (Å²) in [6, 6.07) is 10.4. The van der Waals surface area contributed by atoms with Crippen LogP contribution < -0.4 is 11.1 Å². The third-order valence-corrected chi connectivity index (χ3v) is 5.04. The molecule has 21 heavy (non-hydrogen) atoms. The summed E-state index contributed by atoms with van der Waals surface area (Å²) in [5.74, 6) is 0.613. The van der Waals surface area contributed by atoms with E-state index >= 15 is 0 Å². The van der Waals surface area contributed by atoms with Gasteiger partial charge in [-0.25, -0.2) is 0 Å². The number of hydrogen-bond donors (Lipinski definition) is 2. The summed E-state index contributed by atoms with van der Waals surface area (Å²) in [7, 11) is 0. The molecule has 0 atom stereocenters. The molecule has 3 aromatic rings. The summed E-state index contributed by atoms with van der Waals surface area (Å²) in [6.07, 6.45) is 4.77. The van der Waals surface area contributed by atoms with Crippen LogP contribution >= 0.6 is 23.3 Å². The molecule has 6 heteroatoms. The molecule has 0 amide bonds. The summed E-state index contributed by atoms with van der Waals surface area (Å²) < 4.78 is 4.19. The molecule has 4 nitrogen and oxygen atoms in total. The molecule has 0 aliphatic heterocycles. The van der Waals surface area contributed by atoms with Gasteiger partial charge in [-0.2, -0.15) is 4.37 Å². The van der Waals surface area contributed by atoms with Crippen molar-refractivity contribution in [3.63, 3.8) is 0 Å². The second-order valence-electron chi connectivity index (χ2n) is 4.60. The van der Waals surface area contributed by atoms with Gasteiger partial charge in [0.05, 0.1) is 10.4 Å². The normalized spacial score (nSPS) is 10.9. The minimum atomic E-state index is 0.613. The van der Waals surface area contributed by atoms with Crippen molar-refractivity contribution in [1.82, 2.24) is 9.36 Å². The summed E-state index contributed by atoms with van der Waals surface area (Å²) in [5, 5.41) is 5.66. The van der Waals surface area contributed by atoms with Crippen LogP contribution in [0.15, 0.2) is 41.4 Å². The highest BCUT2D eigenvalue weighted by Gasteiger charge is 2.10. The maximum absolute atomic E-state index is 5.84. The van der Waals surface area contributed by atoms with Crippen molar-refractivity contribution in [1.29, 1.82) is 0 Å². The molecular weight excluding hydrogens is 300 g/mol. The van der Waals surface area contributed by atoms with Gasteiger partial charge in [-0.05, 0) is 35.8 Å². The highest BCUT2D eigenvalue weighted by Crippen LogP contribution is 2.34. The van der Waals surface area contributed by atoms with Crippen LogP contribution in [0, 0.1) is 0 Å². The number of nitrogens with one attached hydrogen (secondary N) is 1. The minimum absolute atomic E-state index is 0.613. The lowest BCUT2D eigenvalue weighted by atomic mass is 10.1. The Morgan fingerprint density at radius 2 is 2.14 bits per heavy atom. The Morgan fingerprint density at radius 1 is 1.29 bits per heavy atom.